The van der Waals surface area contributed by atoms with E-state index in [0.29, 0.717) is 6.42 Å². The van der Waals surface area contributed by atoms with E-state index in [-0.39, 0.29) is 5.91 Å². The van der Waals surface area contributed by atoms with Gasteiger partial charge in [0.25, 0.3) is 0 Å². The Morgan fingerprint density at radius 1 is 1.50 bits per heavy atom. The van der Waals surface area contributed by atoms with Gasteiger partial charge in [0.1, 0.15) is 5.65 Å². The average molecular weight is 217 g/mol. The molecule has 2 heterocycles. The molecule has 2 aromatic rings. The number of rotatable bonds is 3. The van der Waals surface area contributed by atoms with E-state index in [0.717, 1.165) is 23.5 Å². The first-order valence-electron chi connectivity index (χ1n) is 5.35. The van der Waals surface area contributed by atoms with Crippen molar-refractivity contribution >= 4 is 11.6 Å². The molecule has 0 radical (unpaired) electrons. The van der Waals surface area contributed by atoms with Crippen LogP contribution in [0.2, 0.25) is 0 Å². The molecule has 0 saturated carbocycles. The lowest BCUT2D eigenvalue weighted by Crippen LogP contribution is -2.18. The molecule has 2 rings (SSSR count). The van der Waals surface area contributed by atoms with Crippen molar-refractivity contribution in [3.05, 3.63) is 35.8 Å². The highest BCUT2D eigenvalue weighted by molar-refractivity contribution is 5.75. The molecule has 0 aromatic carbocycles. The van der Waals surface area contributed by atoms with E-state index < -0.39 is 0 Å². The summed E-state index contributed by atoms with van der Waals surface area (Å²) in [5.41, 5.74) is 3.04. The zero-order chi connectivity index (χ0) is 11.5. The van der Waals surface area contributed by atoms with Gasteiger partial charge in [0.2, 0.25) is 5.91 Å². The Balaban J connectivity index is 2.29. The smallest absolute Gasteiger partial charge is 0.220 e. The van der Waals surface area contributed by atoms with Gasteiger partial charge in [0, 0.05) is 25.4 Å². The van der Waals surface area contributed by atoms with E-state index in [1.54, 1.807) is 7.05 Å². The molecule has 0 aliphatic rings. The van der Waals surface area contributed by atoms with Crippen molar-refractivity contribution in [2.45, 2.75) is 19.8 Å². The van der Waals surface area contributed by atoms with Crippen molar-refractivity contribution in [3.63, 3.8) is 0 Å². The third-order valence-corrected chi connectivity index (χ3v) is 2.70. The van der Waals surface area contributed by atoms with Crippen LogP contribution in [0, 0.1) is 6.92 Å². The number of pyridine rings is 1. The summed E-state index contributed by atoms with van der Waals surface area (Å²) in [6.45, 7) is 1.98. The maximum atomic E-state index is 11.2. The first-order chi connectivity index (χ1) is 7.72. The van der Waals surface area contributed by atoms with Gasteiger partial charge >= 0.3 is 0 Å². The molecular weight excluding hydrogens is 202 g/mol. The fourth-order valence-electron chi connectivity index (χ4n) is 1.82. The van der Waals surface area contributed by atoms with Crippen molar-refractivity contribution in [1.29, 1.82) is 0 Å². The SMILES string of the molecule is CNC(=O)CCc1c(C)nc2ccccn12. The number of aryl methyl sites for hydroxylation is 2. The Morgan fingerprint density at radius 3 is 3.06 bits per heavy atom. The molecule has 0 spiro atoms. The molecule has 0 fully saturated rings. The van der Waals surface area contributed by atoms with Crippen LogP contribution < -0.4 is 5.32 Å². The van der Waals surface area contributed by atoms with Crippen molar-refractivity contribution < 1.29 is 4.79 Å². The van der Waals surface area contributed by atoms with Crippen molar-refractivity contribution in [1.82, 2.24) is 14.7 Å². The normalized spacial score (nSPS) is 10.6. The van der Waals surface area contributed by atoms with Crippen molar-refractivity contribution in [3.8, 4) is 0 Å². The summed E-state index contributed by atoms with van der Waals surface area (Å²) >= 11 is 0. The van der Waals surface area contributed by atoms with Gasteiger partial charge < -0.3 is 9.72 Å². The summed E-state index contributed by atoms with van der Waals surface area (Å²) in [5, 5.41) is 2.63. The molecule has 0 bridgehead atoms. The zero-order valence-electron chi connectivity index (χ0n) is 9.53. The molecular formula is C12H15N3O. The number of fused-ring (bicyclic) bond motifs is 1. The van der Waals surface area contributed by atoms with Crippen LogP contribution in [0.25, 0.3) is 5.65 Å². The largest absolute Gasteiger partial charge is 0.359 e. The molecule has 2 aromatic heterocycles. The third kappa shape index (κ3) is 1.91. The monoisotopic (exact) mass is 217 g/mol. The fraction of sp³-hybridized carbons (Fsp3) is 0.333. The summed E-state index contributed by atoms with van der Waals surface area (Å²) in [4.78, 5) is 15.7. The third-order valence-electron chi connectivity index (χ3n) is 2.70. The summed E-state index contributed by atoms with van der Waals surface area (Å²) in [6, 6.07) is 5.90. The van der Waals surface area contributed by atoms with E-state index in [2.05, 4.69) is 10.3 Å². The summed E-state index contributed by atoms with van der Waals surface area (Å²) in [5.74, 6) is 0.0604. The van der Waals surface area contributed by atoms with Crippen LogP contribution in [0.5, 0.6) is 0 Å². The molecule has 1 amide bonds. The van der Waals surface area contributed by atoms with Gasteiger partial charge in [0.15, 0.2) is 0 Å². The fourth-order valence-corrected chi connectivity index (χ4v) is 1.82. The number of aromatic nitrogens is 2. The van der Waals surface area contributed by atoms with Crippen LogP contribution >= 0.6 is 0 Å². The standard InChI is InChI=1S/C12H15N3O/c1-9-10(6-7-12(16)13-2)15-8-4-3-5-11(15)14-9/h3-5,8H,6-7H2,1-2H3,(H,13,16). The van der Waals surface area contributed by atoms with Crippen LogP contribution in [0.15, 0.2) is 24.4 Å². The maximum absolute atomic E-state index is 11.2. The molecule has 4 nitrogen and oxygen atoms in total. The van der Waals surface area contributed by atoms with Crippen molar-refractivity contribution in [2.24, 2.45) is 0 Å². The van der Waals surface area contributed by atoms with Crippen LogP contribution in [0.3, 0.4) is 0 Å². The molecule has 4 heteroatoms. The van der Waals surface area contributed by atoms with Gasteiger partial charge in [-0.3, -0.25) is 4.79 Å². The van der Waals surface area contributed by atoms with Gasteiger partial charge in [-0.25, -0.2) is 4.98 Å². The Kier molecular flexibility index (Phi) is 2.90. The minimum absolute atomic E-state index is 0.0604. The van der Waals surface area contributed by atoms with Gasteiger partial charge in [-0.15, -0.1) is 0 Å². The maximum Gasteiger partial charge on any atom is 0.220 e. The number of amides is 1. The highest BCUT2D eigenvalue weighted by Gasteiger charge is 2.09. The lowest BCUT2D eigenvalue weighted by molar-refractivity contribution is -0.120. The van der Waals surface area contributed by atoms with E-state index in [9.17, 15) is 4.79 Å². The molecule has 0 saturated heterocycles. The van der Waals surface area contributed by atoms with Crippen molar-refractivity contribution in [2.75, 3.05) is 7.05 Å². The van der Waals surface area contributed by atoms with Gasteiger partial charge in [-0.2, -0.15) is 0 Å². The predicted molar refractivity (Wildman–Crippen MR) is 62.3 cm³/mol. The number of nitrogens with one attached hydrogen (secondary N) is 1. The minimum atomic E-state index is 0.0604. The Morgan fingerprint density at radius 2 is 2.31 bits per heavy atom. The first kappa shape index (κ1) is 10.7. The lowest BCUT2D eigenvalue weighted by Gasteiger charge is -2.02. The zero-order valence-corrected chi connectivity index (χ0v) is 9.53. The summed E-state index contributed by atoms with van der Waals surface area (Å²) in [6.07, 6.45) is 3.20. The molecule has 0 aliphatic carbocycles. The second-order valence-corrected chi connectivity index (χ2v) is 3.75. The molecule has 16 heavy (non-hydrogen) atoms. The Bertz CT molecular complexity index is 516. The van der Waals surface area contributed by atoms with Gasteiger partial charge in [-0.1, -0.05) is 6.07 Å². The number of carbonyl (C=O) groups excluding carboxylic acids is 1. The van der Waals surface area contributed by atoms with Crippen LogP contribution in [-0.4, -0.2) is 22.3 Å². The van der Waals surface area contributed by atoms with E-state index in [1.165, 1.54) is 0 Å². The molecule has 0 unspecified atom stereocenters. The average Bonchev–Trinajstić information content (AvgIpc) is 2.62. The quantitative estimate of drug-likeness (QED) is 0.842. The second kappa shape index (κ2) is 4.35. The summed E-state index contributed by atoms with van der Waals surface area (Å²) in [7, 11) is 1.66. The highest BCUT2D eigenvalue weighted by Crippen LogP contribution is 2.13. The number of hydrogen-bond acceptors (Lipinski definition) is 2. The Labute approximate surface area is 94.3 Å². The van der Waals surface area contributed by atoms with Crippen LogP contribution in [0.4, 0.5) is 0 Å². The van der Waals surface area contributed by atoms with E-state index in [1.807, 2.05) is 35.7 Å². The first-order valence-corrected chi connectivity index (χ1v) is 5.35. The van der Waals surface area contributed by atoms with E-state index >= 15 is 0 Å². The van der Waals surface area contributed by atoms with Gasteiger partial charge in [-0.05, 0) is 25.5 Å². The molecule has 84 valence electrons. The summed E-state index contributed by atoms with van der Waals surface area (Å²) < 4.78 is 2.04. The topological polar surface area (TPSA) is 46.4 Å². The predicted octanol–water partition coefficient (Wildman–Crippen LogP) is 1.32. The van der Waals surface area contributed by atoms with Gasteiger partial charge in [0.05, 0.1) is 5.69 Å². The molecule has 0 aliphatic heterocycles. The number of hydrogen-bond donors (Lipinski definition) is 1. The lowest BCUT2D eigenvalue weighted by atomic mass is 10.2. The highest BCUT2D eigenvalue weighted by atomic mass is 16.1. The Hall–Kier alpha value is -1.84. The van der Waals surface area contributed by atoms with Crippen LogP contribution in [-0.2, 0) is 11.2 Å². The number of carbonyl (C=O) groups is 1. The molecule has 1 N–H and O–H groups in total. The second-order valence-electron chi connectivity index (χ2n) is 3.75. The molecule has 0 atom stereocenters. The van der Waals surface area contributed by atoms with Crippen LogP contribution in [0.1, 0.15) is 17.8 Å². The number of imidazole rings is 1. The van der Waals surface area contributed by atoms with E-state index in [4.69, 9.17) is 0 Å². The number of nitrogens with zero attached hydrogens (tertiary/aromatic N) is 2. The minimum Gasteiger partial charge on any atom is -0.359 e.